The van der Waals surface area contributed by atoms with E-state index >= 15 is 0 Å². The molecule has 0 fully saturated rings. The van der Waals surface area contributed by atoms with Gasteiger partial charge in [0.15, 0.2) is 0 Å². The van der Waals surface area contributed by atoms with Gasteiger partial charge in [-0.15, -0.1) is 0 Å². The molecule has 1 amide bonds. The highest BCUT2D eigenvalue weighted by Crippen LogP contribution is 2.43. The van der Waals surface area contributed by atoms with E-state index in [-0.39, 0.29) is 12.1 Å². The summed E-state index contributed by atoms with van der Waals surface area (Å²) in [6.45, 7) is 4.02. The average Bonchev–Trinajstić information content (AvgIpc) is 3.09. The van der Waals surface area contributed by atoms with E-state index in [9.17, 15) is 4.79 Å². The van der Waals surface area contributed by atoms with Crippen LogP contribution in [0.25, 0.3) is 16.6 Å². The Kier molecular flexibility index (Phi) is 4.20. The molecule has 2 aromatic carbocycles. The van der Waals surface area contributed by atoms with Gasteiger partial charge in [-0.25, -0.2) is 4.52 Å². The molecular formula is C24H22N4O2. The third kappa shape index (κ3) is 2.88. The number of hydrogen-bond acceptors (Lipinski definition) is 4. The Balaban J connectivity index is 1.74. The molecule has 6 nitrogen and oxygen atoms in total. The van der Waals surface area contributed by atoms with Crippen molar-refractivity contribution in [3.05, 3.63) is 83.7 Å². The SMILES string of the molecule is CC(C)Oc1ccc(C2Nc3ccccc3-c3c(C(N)=O)cnn4ccc2c34)cc1. The summed E-state index contributed by atoms with van der Waals surface area (Å²) in [7, 11) is 0. The van der Waals surface area contributed by atoms with Crippen LogP contribution in [-0.2, 0) is 0 Å². The number of aromatic nitrogens is 2. The summed E-state index contributed by atoms with van der Waals surface area (Å²) in [4.78, 5) is 12.2. The normalized spacial score (nSPS) is 14.8. The van der Waals surface area contributed by atoms with Gasteiger partial charge in [0.2, 0.25) is 0 Å². The number of benzene rings is 2. The second-order valence-corrected chi connectivity index (χ2v) is 7.72. The number of hydrogen-bond donors (Lipinski definition) is 2. The smallest absolute Gasteiger partial charge is 0.251 e. The van der Waals surface area contributed by atoms with Crippen molar-refractivity contribution in [3.8, 4) is 16.9 Å². The van der Waals surface area contributed by atoms with Gasteiger partial charge in [0, 0.05) is 28.6 Å². The van der Waals surface area contributed by atoms with Crippen molar-refractivity contribution in [1.29, 1.82) is 0 Å². The summed E-state index contributed by atoms with van der Waals surface area (Å²) in [6.07, 6.45) is 3.58. The summed E-state index contributed by atoms with van der Waals surface area (Å²) >= 11 is 0. The highest BCUT2D eigenvalue weighted by Gasteiger charge is 2.28. The lowest BCUT2D eigenvalue weighted by Crippen LogP contribution is -2.14. The van der Waals surface area contributed by atoms with E-state index in [0.29, 0.717) is 5.56 Å². The Bertz CT molecular complexity index is 1260. The first-order chi connectivity index (χ1) is 14.5. The van der Waals surface area contributed by atoms with Crippen LogP contribution in [0, 0.1) is 0 Å². The van der Waals surface area contributed by atoms with E-state index in [2.05, 4.69) is 22.5 Å². The van der Waals surface area contributed by atoms with Crippen LogP contribution in [0.2, 0.25) is 0 Å². The molecule has 0 saturated carbocycles. The number of nitrogens with zero attached hydrogens (tertiary/aromatic N) is 2. The number of rotatable bonds is 4. The molecule has 3 N–H and O–H groups in total. The number of nitrogens with one attached hydrogen (secondary N) is 1. The number of primary amides is 1. The van der Waals surface area contributed by atoms with Crippen molar-refractivity contribution in [2.24, 2.45) is 5.73 Å². The predicted octanol–water partition coefficient (Wildman–Crippen LogP) is 4.40. The number of ether oxygens (including phenoxy) is 1. The van der Waals surface area contributed by atoms with Gasteiger partial charge >= 0.3 is 0 Å². The number of fused-ring (bicyclic) bond motifs is 2. The zero-order valence-electron chi connectivity index (χ0n) is 16.8. The van der Waals surface area contributed by atoms with Gasteiger partial charge in [0.25, 0.3) is 5.91 Å². The van der Waals surface area contributed by atoms with Crippen LogP contribution < -0.4 is 15.8 Å². The fourth-order valence-corrected chi connectivity index (χ4v) is 4.13. The molecule has 3 heterocycles. The van der Waals surface area contributed by atoms with E-state index in [0.717, 1.165) is 39.2 Å². The van der Waals surface area contributed by atoms with Crippen LogP contribution in [0.4, 0.5) is 5.69 Å². The monoisotopic (exact) mass is 398 g/mol. The Hall–Kier alpha value is -3.80. The molecule has 0 aliphatic carbocycles. The number of anilines is 1. The highest BCUT2D eigenvalue weighted by molar-refractivity contribution is 6.06. The molecular weight excluding hydrogens is 376 g/mol. The number of para-hydroxylation sites is 1. The standard InChI is InChI=1S/C24H22N4O2/c1-14(2)30-16-9-7-15(8-10-16)22-18-11-12-28-23(18)21(19(13-26-28)24(25)29)17-5-3-4-6-20(17)27-22/h3-14,22,27H,1-2H3,(H2,25,29). The molecule has 0 saturated heterocycles. The fraction of sp³-hybridized carbons (Fsp3) is 0.167. The average molecular weight is 398 g/mol. The molecule has 150 valence electrons. The van der Waals surface area contributed by atoms with Crippen LogP contribution in [0.15, 0.2) is 67.0 Å². The Morgan fingerprint density at radius 3 is 2.63 bits per heavy atom. The van der Waals surface area contributed by atoms with Gasteiger partial charge in [-0.1, -0.05) is 30.3 Å². The topological polar surface area (TPSA) is 81.6 Å². The molecule has 1 unspecified atom stereocenters. The first-order valence-corrected chi connectivity index (χ1v) is 9.95. The lowest BCUT2D eigenvalue weighted by Gasteiger charge is -2.20. The van der Waals surface area contributed by atoms with E-state index in [1.54, 1.807) is 6.20 Å². The first kappa shape index (κ1) is 18.2. The molecule has 6 heteroatoms. The number of carbonyl (C=O) groups is 1. The van der Waals surface area contributed by atoms with E-state index in [1.807, 2.05) is 67.0 Å². The van der Waals surface area contributed by atoms with Crippen molar-refractivity contribution in [3.63, 3.8) is 0 Å². The quantitative estimate of drug-likeness (QED) is 0.534. The van der Waals surface area contributed by atoms with Crippen molar-refractivity contribution in [2.75, 3.05) is 5.32 Å². The van der Waals surface area contributed by atoms with Crippen molar-refractivity contribution in [2.45, 2.75) is 26.0 Å². The maximum absolute atomic E-state index is 12.2. The van der Waals surface area contributed by atoms with Gasteiger partial charge in [0.1, 0.15) is 5.75 Å². The van der Waals surface area contributed by atoms with E-state index in [4.69, 9.17) is 10.5 Å². The summed E-state index contributed by atoms with van der Waals surface area (Å²) < 4.78 is 7.60. The number of amides is 1. The zero-order chi connectivity index (χ0) is 20.8. The molecule has 0 spiro atoms. The lowest BCUT2D eigenvalue weighted by molar-refractivity contribution is 0.100. The second-order valence-electron chi connectivity index (χ2n) is 7.72. The summed E-state index contributed by atoms with van der Waals surface area (Å²) in [5, 5.41) is 8.08. The Labute approximate surface area is 174 Å². The third-order valence-corrected chi connectivity index (χ3v) is 5.37. The van der Waals surface area contributed by atoms with E-state index in [1.165, 1.54) is 0 Å². The van der Waals surface area contributed by atoms with Gasteiger partial charge in [0.05, 0.1) is 29.4 Å². The molecule has 5 rings (SSSR count). The van der Waals surface area contributed by atoms with Crippen LogP contribution in [0.5, 0.6) is 5.75 Å². The lowest BCUT2D eigenvalue weighted by atomic mass is 9.96. The molecule has 4 aromatic rings. The van der Waals surface area contributed by atoms with Crippen molar-refractivity contribution >= 4 is 17.1 Å². The van der Waals surface area contributed by atoms with E-state index < -0.39 is 5.91 Å². The van der Waals surface area contributed by atoms with Crippen LogP contribution in [0.1, 0.15) is 41.4 Å². The maximum atomic E-state index is 12.2. The Morgan fingerprint density at radius 1 is 1.13 bits per heavy atom. The van der Waals surface area contributed by atoms with Crippen LogP contribution >= 0.6 is 0 Å². The fourth-order valence-electron chi connectivity index (χ4n) is 4.13. The van der Waals surface area contributed by atoms with Crippen molar-refractivity contribution in [1.82, 2.24) is 9.61 Å². The molecule has 2 aromatic heterocycles. The largest absolute Gasteiger partial charge is 0.491 e. The van der Waals surface area contributed by atoms with Gasteiger partial charge in [-0.05, 0) is 43.7 Å². The predicted molar refractivity (Wildman–Crippen MR) is 117 cm³/mol. The summed E-state index contributed by atoms with van der Waals surface area (Å²) in [6, 6.07) is 18.0. The minimum atomic E-state index is -0.490. The molecule has 0 radical (unpaired) electrons. The van der Waals surface area contributed by atoms with Crippen molar-refractivity contribution < 1.29 is 9.53 Å². The van der Waals surface area contributed by atoms with Crippen LogP contribution in [-0.4, -0.2) is 21.6 Å². The van der Waals surface area contributed by atoms with Crippen LogP contribution in [0.3, 0.4) is 0 Å². The van der Waals surface area contributed by atoms with Gasteiger partial charge < -0.3 is 15.8 Å². The van der Waals surface area contributed by atoms with Gasteiger partial charge in [-0.2, -0.15) is 5.10 Å². The molecule has 1 aliphatic rings. The second kappa shape index (κ2) is 6.91. The maximum Gasteiger partial charge on any atom is 0.251 e. The Morgan fingerprint density at radius 2 is 1.90 bits per heavy atom. The first-order valence-electron chi connectivity index (χ1n) is 9.95. The molecule has 0 bridgehead atoms. The minimum absolute atomic E-state index is 0.115. The summed E-state index contributed by atoms with van der Waals surface area (Å²) in [5.41, 5.74) is 11.8. The number of nitrogens with two attached hydrogens (primary N) is 1. The molecule has 30 heavy (non-hydrogen) atoms. The minimum Gasteiger partial charge on any atom is -0.491 e. The van der Waals surface area contributed by atoms with Gasteiger partial charge in [-0.3, -0.25) is 4.79 Å². The molecule has 1 aliphatic heterocycles. The highest BCUT2D eigenvalue weighted by atomic mass is 16.5. The number of carbonyl (C=O) groups excluding carboxylic acids is 1. The molecule has 1 atom stereocenters. The zero-order valence-corrected chi connectivity index (χ0v) is 16.8. The third-order valence-electron chi connectivity index (χ3n) is 5.37. The summed E-state index contributed by atoms with van der Waals surface area (Å²) in [5.74, 6) is 0.346.